The fourth-order valence-corrected chi connectivity index (χ4v) is 2.72. The molecule has 4 nitrogen and oxygen atoms in total. The van der Waals surface area contributed by atoms with E-state index in [2.05, 4.69) is 0 Å². The fourth-order valence-electron chi connectivity index (χ4n) is 2.72. The monoisotopic (exact) mass is 210 g/mol. The first kappa shape index (κ1) is 10.2. The number of rotatable bonds is 3. The predicted molar refractivity (Wildman–Crippen MR) is 52.0 cm³/mol. The van der Waals surface area contributed by atoms with Gasteiger partial charge in [-0.15, -0.1) is 0 Å². The van der Waals surface area contributed by atoms with Gasteiger partial charge in [-0.1, -0.05) is 12.2 Å². The molecule has 1 N–H and O–H groups in total. The van der Waals surface area contributed by atoms with Gasteiger partial charge in [0.05, 0.1) is 18.4 Å². The number of carboxylic acid groups (broad SMARTS) is 1. The number of fused-ring (bicyclic) bond motifs is 2. The molecule has 1 saturated carbocycles. The molecule has 4 atom stereocenters. The van der Waals surface area contributed by atoms with Crippen LogP contribution in [0, 0.1) is 23.7 Å². The van der Waals surface area contributed by atoms with Crippen LogP contribution in [0.5, 0.6) is 0 Å². The number of allylic oxidation sites excluding steroid dienone is 2. The van der Waals surface area contributed by atoms with E-state index in [0.29, 0.717) is 6.61 Å². The Kier molecular flexibility index (Phi) is 2.50. The number of ether oxygens (including phenoxy) is 1. The highest BCUT2D eigenvalue weighted by atomic mass is 16.5. The Balaban J connectivity index is 2.19. The molecular formula is C11H14O4. The molecule has 0 aromatic rings. The molecule has 0 aromatic heterocycles. The van der Waals surface area contributed by atoms with Gasteiger partial charge in [-0.05, 0) is 25.2 Å². The number of esters is 1. The molecule has 4 heteroatoms. The average molecular weight is 210 g/mol. The quantitative estimate of drug-likeness (QED) is 0.559. The van der Waals surface area contributed by atoms with E-state index in [1.165, 1.54) is 0 Å². The first-order valence-electron chi connectivity index (χ1n) is 5.23. The zero-order chi connectivity index (χ0) is 11.0. The highest BCUT2D eigenvalue weighted by Crippen LogP contribution is 2.48. The number of carbonyl (C=O) groups excluding carboxylic acids is 1. The van der Waals surface area contributed by atoms with Crippen molar-refractivity contribution in [2.24, 2.45) is 23.7 Å². The van der Waals surface area contributed by atoms with E-state index in [-0.39, 0.29) is 17.8 Å². The maximum absolute atomic E-state index is 11.6. The summed E-state index contributed by atoms with van der Waals surface area (Å²) in [4.78, 5) is 22.7. The van der Waals surface area contributed by atoms with Gasteiger partial charge in [0.15, 0.2) is 0 Å². The molecule has 0 heterocycles. The summed E-state index contributed by atoms with van der Waals surface area (Å²) in [7, 11) is 0. The van der Waals surface area contributed by atoms with Crippen LogP contribution < -0.4 is 0 Å². The highest BCUT2D eigenvalue weighted by molar-refractivity contribution is 5.83. The molecule has 82 valence electrons. The van der Waals surface area contributed by atoms with E-state index in [1.54, 1.807) is 6.92 Å². The van der Waals surface area contributed by atoms with E-state index < -0.39 is 17.8 Å². The molecule has 2 aliphatic rings. The summed E-state index contributed by atoms with van der Waals surface area (Å²) in [6.45, 7) is 2.04. The minimum absolute atomic E-state index is 0.0157. The van der Waals surface area contributed by atoms with Gasteiger partial charge in [0.1, 0.15) is 0 Å². The lowest BCUT2D eigenvalue weighted by Crippen LogP contribution is -2.34. The van der Waals surface area contributed by atoms with Crippen LogP contribution in [0.15, 0.2) is 12.2 Å². The van der Waals surface area contributed by atoms with Gasteiger partial charge < -0.3 is 9.84 Å². The van der Waals surface area contributed by atoms with Crippen LogP contribution in [0.25, 0.3) is 0 Å². The first-order valence-corrected chi connectivity index (χ1v) is 5.23. The van der Waals surface area contributed by atoms with Crippen LogP contribution in [0.3, 0.4) is 0 Å². The molecule has 0 amide bonds. The van der Waals surface area contributed by atoms with Crippen molar-refractivity contribution in [3.05, 3.63) is 12.2 Å². The third kappa shape index (κ3) is 1.54. The van der Waals surface area contributed by atoms with Crippen LogP contribution in [0.1, 0.15) is 13.3 Å². The van der Waals surface area contributed by atoms with Crippen molar-refractivity contribution in [2.45, 2.75) is 13.3 Å². The second kappa shape index (κ2) is 3.68. The zero-order valence-corrected chi connectivity index (χ0v) is 8.55. The van der Waals surface area contributed by atoms with Crippen molar-refractivity contribution in [3.63, 3.8) is 0 Å². The summed E-state index contributed by atoms with van der Waals surface area (Å²) in [5.41, 5.74) is 0. The van der Waals surface area contributed by atoms with E-state index in [1.807, 2.05) is 12.2 Å². The van der Waals surface area contributed by atoms with Crippen LogP contribution in [-0.4, -0.2) is 23.7 Å². The predicted octanol–water partition coefficient (Wildman–Crippen LogP) is 1.07. The third-order valence-corrected chi connectivity index (χ3v) is 3.30. The first-order chi connectivity index (χ1) is 7.15. The lowest BCUT2D eigenvalue weighted by Gasteiger charge is -2.22. The molecule has 0 radical (unpaired) electrons. The van der Waals surface area contributed by atoms with Crippen molar-refractivity contribution < 1.29 is 19.4 Å². The molecule has 0 aliphatic heterocycles. The Labute approximate surface area is 87.9 Å². The number of hydrogen-bond acceptors (Lipinski definition) is 3. The largest absolute Gasteiger partial charge is 0.481 e. The van der Waals surface area contributed by atoms with Gasteiger partial charge in [-0.2, -0.15) is 0 Å². The molecule has 0 aromatic carbocycles. The molecule has 0 spiro atoms. The Hall–Kier alpha value is -1.32. The van der Waals surface area contributed by atoms with E-state index in [4.69, 9.17) is 9.84 Å². The topological polar surface area (TPSA) is 63.6 Å². The van der Waals surface area contributed by atoms with Gasteiger partial charge in [0.25, 0.3) is 0 Å². The van der Waals surface area contributed by atoms with Crippen LogP contribution in [-0.2, 0) is 14.3 Å². The minimum atomic E-state index is -0.884. The lowest BCUT2D eigenvalue weighted by atomic mass is 9.83. The lowest BCUT2D eigenvalue weighted by molar-refractivity contribution is -0.158. The summed E-state index contributed by atoms with van der Waals surface area (Å²) in [5.74, 6) is -2.22. The average Bonchev–Trinajstić information content (AvgIpc) is 2.76. The Morgan fingerprint density at radius 1 is 1.33 bits per heavy atom. The van der Waals surface area contributed by atoms with Crippen molar-refractivity contribution in [2.75, 3.05) is 6.61 Å². The van der Waals surface area contributed by atoms with E-state index >= 15 is 0 Å². The van der Waals surface area contributed by atoms with Crippen LogP contribution in [0.4, 0.5) is 0 Å². The smallest absolute Gasteiger partial charge is 0.310 e. The number of carboxylic acids is 1. The Bertz CT molecular complexity index is 321. The second-order valence-electron chi connectivity index (χ2n) is 4.09. The molecule has 2 bridgehead atoms. The standard InChI is InChI=1S/C11H14O4/c1-2-15-11(14)9-7-4-3-6(5-7)8(9)10(12)13/h3-4,6-9H,2,5H2,1H3,(H,12,13)/t6-,7+,8+,9-/m1/s1. The summed E-state index contributed by atoms with van der Waals surface area (Å²) in [5, 5.41) is 9.08. The van der Waals surface area contributed by atoms with Gasteiger partial charge in [-0.3, -0.25) is 9.59 Å². The minimum Gasteiger partial charge on any atom is -0.481 e. The number of hydrogen-bond donors (Lipinski definition) is 1. The van der Waals surface area contributed by atoms with Crippen LogP contribution >= 0.6 is 0 Å². The van der Waals surface area contributed by atoms with Crippen molar-refractivity contribution in [1.29, 1.82) is 0 Å². The van der Waals surface area contributed by atoms with Gasteiger partial charge >= 0.3 is 11.9 Å². The normalized spacial score (nSPS) is 36.9. The summed E-state index contributed by atoms with van der Waals surface area (Å²) < 4.78 is 4.92. The Morgan fingerprint density at radius 3 is 2.47 bits per heavy atom. The fraction of sp³-hybridized carbons (Fsp3) is 0.636. The molecule has 0 unspecified atom stereocenters. The maximum Gasteiger partial charge on any atom is 0.310 e. The number of aliphatic carboxylic acids is 1. The summed E-state index contributed by atoms with van der Waals surface area (Å²) in [6, 6.07) is 0. The maximum atomic E-state index is 11.6. The van der Waals surface area contributed by atoms with Gasteiger partial charge in [0, 0.05) is 0 Å². The molecule has 2 rings (SSSR count). The van der Waals surface area contributed by atoms with E-state index in [0.717, 1.165) is 6.42 Å². The van der Waals surface area contributed by atoms with Crippen molar-refractivity contribution in [1.82, 2.24) is 0 Å². The number of carbonyl (C=O) groups is 2. The zero-order valence-electron chi connectivity index (χ0n) is 8.55. The summed E-state index contributed by atoms with van der Waals surface area (Å²) >= 11 is 0. The van der Waals surface area contributed by atoms with Crippen LogP contribution in [0.2, 0.25) is 0 Å². The van der Waals surface area contributed by atoms with Gasteiger partial charge in [0.2, 0.25) is 0 Å². The molecule has 15 heavy (non-hydrogen) atoms. The molecule has 2 aliphatic carbocycles. The van der Waals surface area contributed by atoms with Crippen molar-refractivity contribution in [3.8, 4) is 0 Å². The Morgan fingerprint density at radius 2 is 1.93 bits per heavy atom. The van der Waals surface area contributed by atoms with Gasteiger partial charge in [-0.25, -0.2) is 0 Å². The van der Waals surface area contributed by atoms with E-state index in [9.17, 15) is 9.59 Å². The molecule has 0 saturated heterocycles. The second-order valence-corrected chi connectivity index (χ2v) is 4.09. The molecule has 1 fully saturated rings. The van der Waals surface area contributed by atoms with Crippen molar-refractivity contribution >= 4 is 11.9 Å². The SMILES string of the molecule is CCOC(=O)[C@H]1[C@@H](C(=O)O)[C@@H]2C=C[C@H]1C2. The third-order valence-electron chi connectivity index (χ3n) is 3.30. The molecular weight excluding hydrogens is 196 g/mol. The highest BCUT2D eigenvalue weighted by Gasteiger charge is 2.52. The summed E-state index contributed by atoms with van der Waals surface area (Å²) in [6.07, 6.45) is 4.64.